The van der Waals surface area contributed by atoms with Crippen LogP contribution in [0.3, 0.4) is 0 Å². The van der Waals surface area contributed by atoms with E-state index in [0.717, 1.165) is 13.0 Å². The zero-order valence-corrected chi connectivity index (χ0v) is 12.6. The lowest BCUT2D eigenvalue weighted by Crippen LogP contribution is -2.55. The molecule has 22 heavy (non-hydrogen) atoms. The van der Waals surface area contributed by atoms with Crippen LogP contribution in [0, 0.1) is 0 Å². The SMILES string of the molecule is COC1CCNCC1NC(=O)C1=C2NCC(F)CN2NC1N. The molecule has 0 aromatic rings. The minimum absolute atomic E-state index is 0.0213. The molecule has 9 heteroatoms. The number of alkyl halides is 1. The minimum atomic E-state index is -0.994. The highest BCUT2D eigenvalue weighted by molar-refractivity contribution is 5.95. The van der Waals surface area contributed by atoms with E-state index < -0.39 is 12.3 Å². The summed E-state index contributed by atoms with van der Waals surface area (Å²) in [6, 6.07) is -0.113. The Balaban J connectivity index is 1.72. The van der Waals surface area contributed by atoms with Gasteiger partial charge in [-0.15, -0.1) is 0 Å². The van der Waals surface area contributed by atoms with E-state index in [9.17, 15) is 9.18 Å². The summed E-state index contributed by atoms with van der Waals surface area (Å²) < 4.78 is 18.8. The van der Waals surface area contributed by atoms with Crippen molar-refractivity contribution in [1.29, 1.82) is 0 Å². The lowest BCUT2D eigenvalue weighted by atomic mass is 10.0. The molecule has 6 N–H and O–H groups in total. The van der Waals surface area contributed by atoms with E-state index >= 15 is 0 Å². The summed E-state index contributed by atoms with van der Waals surface area (Å²) in [6.07, 6.45) is -0.824. The average Bonchev–Trinajstić information content (AvgIpc) is 2.82. The molecule has 124 valence electrons. The summed E-state index contributed by atoms with van der Waals surface area (Å²) in [5.74, 6) is 0.315. The molecule has 3 heterocycles. The van der Waals surface area contributed by atoms with Crippen molar-refractivity contribution < 1.29 is 13.9 Å². The second kappa shape index (κ2) is 6.37. The van der Waals surface area contributed by atoms with E-state index in [-0.39, 0.29) is 31.1 Å². The third-order valence-corrected chi connectivity index (χ3v) is 4.29. The fourth-order valence-electron chi connectivity index (χ4n) is 3.15. The van der Waals surface area contributed by atoms with Crippen LogP contribution in [0.15, 0.2) is 11.4 Å². The third kappa shape index (κ3) is 2.89. The first-order chi connectivity index (χ1) is 10.6. The molecule has 8 nitrogen and oxygen atoms in total. The third-order valence-electron chi connectivity index (χ3n) is 4.29. The smallest absolute Gasteiger partial charge is 0.254 e. The van der Waals surface area contributed by atoms with E-state index in [1.807, 2.05) is 0 Å². The van der Waals surface area contributed by atoms with Crippen LogP contribution in [0.2, 0.25) is 0 Å². The Morgan fingerprint density at radius 1 is 1.50 bits per heavy atom. The highest BCUT2D eigenvalue weighted by Gasteiger charge is 2.38. The van der Waals surface area contributed by atoms with Crippen molar-refractivity contribution in [1.82, 2.24) is 26.4 Å². The van der Waals surface area contributed by atoms with E-state index in [1.165, 1.54) is 0 Å². The van der Waals surface area contributed by atoms with Crippen molar-refractivity contribution in [3.05, 3.63) is 11.4 Å². The number of carbonyl (C=O) groups excluding carboxylic acids is 1. The average molecular weight is 314 g/mol. The quantitative estimate of drug-likeness (QED) is 0.400. The number of fused-ring (bicyclic) bond motifs is 1. The van der Waals surface area contributed by atoms with Crippen LogP contribution in [-0.2, 0) is 9.53 Å². The van der Waals surface area contributed by atoms with Gasteiger partial charge >= 0.3 is 0 Å². The first-order valence-corrected chi connectivity index (χ1v) is 7.56. The van der Waals surface area contributed by atoms with Crippen LogP contribution in [0.5, 0.6) is 0 Å². The maximum absolute atomic E-state index is 13.4. The topological polar surface area (TPSA) is 104 Å². The number of ether oxygens (including phenoxy) is 1. The maximum atomic E-state index is 13.4. The van der Waals surface area contributed by atoms with E-state index in [1.54, 1.807) is 12.1 Å². The number of hydrazine groups is 1. The molecule has 0 saturated carbocycles. The number of nitrogens with two attached hydrogens (primary N) is 1. The number of halogens is 1. The van der Waals surface area contributed by atoms with Crippen molar-refractivity contribution in [2.45, 2.75) is 30.9 Å². The highest BCUT2D eigenvalue weighted by atomic mass is 19.1. The molecular formula is C13H23FN6O2. The van der Waals surface area contributed by atoms with Crippen molar-refractivity contribution in [3.63, 3.8) is 0 Å². The summed E-state index contributed by atoms with van der Waals surface area (Å²) >= 11 is 0. The van der Waals surface area contributed by atoms with E-state index in [0.29, 0.717) is 17.9 Å². The van der Waals surface area contributed by atoms with Crippen molar-refractivity contribution in [2.75, 3.05) is 33.3 Å². The van der Waals surface area contributed by atoms with Gasteiger partial charge in [0, 0.05) is 20.2 Å². The fourth-order valence-corrected chi connectivity index (χ4v) is 3.15. The molecule has 0 aromatic carbocycles. The molecule has 3 aliphatic rings. The lowest BCUT2D eigenvalue weighted by Gasteiger charge is -2.32. The van der Waals surface area contributed by atoms with Crippen LogP contribution >= 0.6 is 0 Å². The van der Waals surface area contributed by atoms with Gasteiger partial charge in [0.05, 0.1) is 24.3 Å². The molecule has 0 aliphatic carbocycles. The van der Waals surface area contributed by atoms with Crippen LogP contribution in [0.4, 0.5) is 4.39 Å². The number of methoxy groups -OCH3 is 1. The van der Waals surface area contributed by atoms with Crippen molar-refractivity contribution in [3.8, 4) is 0 Å². The molecule has 3 rings (SSSR count). The monoisotopic (exact) mass is 314 g/mol. The Labute approximate surface area is 128 Å². The molecular weight excluding hydrogens is 291 g/mol. The molecule has 0 aromatic heterocycles. The maximum Gasteiger partial charge on any atom is 0.254 e. The second-order valence-electron chi connectivity index (χ2n) is 5.80. The number of piperidine rings is 1. The van der Waals surface area contributed by atoms with Gasteiger partial charge in [-0.25, -0.2) is 9.82 Å². The summed E-state index contributed by atoms with van der Waals surface area (Å²) in [6.45, 7) is 1.88. The van der Waals surface area contributed by atoms with Gasteiger partial charge in [-0.1, -0.05) is 0 Å². The van der Waals surface area contributed by atoms with Crippen LogP contribution < -0.4 is 27.1 Å². The number of nitrogens with one attached hydrogen (secondary N) is 4. The van der Waals surface area contributed by atoms with Gasteiger partial charge in [-0.05, 0) is 13.0 Å². The molecule has 0 radical (unpaired) electrons. The van der Waals surface area contributed by atoms with Gasteiger partial charge in [0.25, 0.3) is 5.91 Å². The Hall–Kier alpha value is -1.42. The highest BCUT2D eigenvalue weighted by Crippen LogP contribution is 2.21. The summed E-state index contributed by atoms with van der Waals surface area (Å²) in [7, 11) is 1.64. The number of hydrogen-bond acceptors (Lipinski definition) is 7. The molecule has 4 atom stereocenters. The molecule has 4 unspecified atom stereocenters. The number of amides is 1. The minimum Gasteiger partial charge on any atom is -0.379 e. The molecule has 0 spiro atoms. The summed E-state index contributed by atoms with van der Waals surface area (Å²) in [5, 5.41) is 10.7. The van der Waals surface area contributed by atoms with Crippen LogP contribution in [-0.4, -0.2) is 68.7 Å². The normalized spacial score (nSPS) is 35.1. The van der Waals surface area contributed by atoms with Gasteiger partial charge in [0.1, 0.15) is 18.2 Å². The first kappa shape index (κ1) is 15.5. The van der Waals surface area contributed by atoms with E-state index in [4.69, 9.17) is 10.5 Å². The van der Waals surface area contributed by atoms with Crippen molar-refractivity contribution >= 4 is 5.91 Å². The zero-order chi connectivity index (χ0) is 15.7. The number of hydrogen-bond donors (Lipinski definition) is 5. The Kier molecular flexibility index (Phi) is 4.48. The first-order valence-electron chi connectivity index (χ1n) is 7.56. The number of carbonyl (C=O) groups is 1. The van der Waals surface area contributed by atoms with Gasteiger partial charge in [0.15, 0.2) is 0 Å². The predicted molar refractivity (Wildman–Crippen MR) is 78.0 cm³/mol. The summed E-state index contributed by atoms with van der Waals surface area (Å²) in [5.41, 5.74) is 9.29. The summed E-state index contributed by atoms with van der Waals surface area (Å²) in [4.78, 5) is 12.6. The number of nitrogens with zero attached hydrogens (tertiary/aromatic N) is 1. The predicted octanol–water partition coefficient (Wildman–Crippen LogP) is -2.26. The molecule has 2 saturated heterocycles. The largest absolute Gasteiger partial charge is 0.379 e. The zero-order valence-electron chi connectivity index (χ0n) is 12.6. The molecule has 0 bridgehead atoms. The Morgan fingerprint density at radius 3 is 3.09 bits per heavy atom. The Bertz CT molecular complexity index is 473. The Morgan fingerprint density at radius 2 is 2.32 bits per heavy atom. The van der Waals surface area contributed by atoms with Gasteiger partial charge in [-0.2, -0.15) is 0 Å². The van der Waals surface area contributed by atoms with E-state index in [2.05, 4.69) is 21.4 Å². The fraction of sp³-hybridized carbons (Fsp3) is 0.769. The number of rotatable bonds is 3. The molecule has 1 amide bonds. The van der Waals surface area contributed by atoms with Crippen LogP contribution in [0.1, 0.15) is 6.42 Å². The second-order valence-corrected chi connectivity index (χ2v) is 5.80. The molecule has 3 aliphatic heterocycles. The van der Waals surface area contributed by atoms with Crippen LogP contribution in [0.25, 0.3) is 0 Å². The standard InChI is InChI=1S/C13H23FN6O2/c1-22-9-2-3-16-5-8(9)18-13(21)10-11(15)19-20-6-7(14)4-17-12(10)20/h7-9,11,16-17,19H,2-6,15H2,1H3,(H,18,21). The molecule has 2 fully saturated rings. The van der Waals surface area contributed by atoms with Gasteiger partial charge < -0.3 is 26.4 Å². The van der Waals surface area contributed by atoms with Gasteiger partial charge in [0.2, 0.25) is 0 Å². The van der Waals surface area contributed by atoms with Gasteiger partial charge in [-0.3, -0.25) is 9.80 Å². The lowest BCUT2D eigenvalue weighted by molar-refractivity contribution is -0.119. The van der Waals surface area contributed by atoms with Crippen molar-refractivity contribution in [2.24, 2.45) is 5.73 Å².